The van der Waals surface area contributed by atoms with E-state index in [1.807, 2.05) is 67.2 Å². The minimum Gasteiger partial charge on any atom is -0.378 e. The molecule has 3 aromatic rings. The third-order valence-corrected chi connectivity index (χ3v) is 5.12. The molecule has 8 nitrogen and oxygen atoms in total. The van der Waals surface area contributed by atoms with Crippen LogP contribution in [-0.4, -0.2) is 70.9 Å². The van der Waals surface area contributed by atoms with Crippen LogP contribution in [0.5, 0.6) is 0 Å². The summed E-state index contributed by atoms with van der Waals surface area (Å²) in [5, 5.41) is 12.8. The lowest BCUT2D eigenvalue weighted by Gasteiger charge is -2.23. The maximum atomic E-state index is 13.0. The van der Waals surface area contributed by atoms with Crippen LogP contribution in [0.15, 0.2) is 36.4 Å². The minimum absolute atomic E-state index is 0.0867. The second-order valence-electron chi connectivity index (χ2n) is 7.29. The number of fused-ring (bicyclic) bond motifs is 1. The molecule has 0 saturated carbocycles. The second kappa shape index (κ2) is 7.46. The lowest BCUT2D eigenvalue weighted by Crippen LogP contribution is -2.35. The maximum Gasteiger partial charge on any atom is 0.253 e. The highest BCUT2D eigenvalue weighted by Crippen LogP contribution is 2.18. The molecule has 146 valence electrons. The van der Waals surface area contributed by atoms with E-state index in [1.165, 1.54) is 0 Å². The molecule has 0 radical (unpaired) electrons. The van der Waals surface area contributed by atoms with Crippen molar-refractivity contribution >= 4 is 23.1 Å². The summed E-state index contributed by atoms with van der Waals surface area (Å²) in [6.45, 7) is 4.92. The standard InChI is InChI=1S/C20H25N7O/c1-15-21-22-18-8-9-19(23-27(15)18)25-10-5-11-26(13-12-25)20(28)16-6-4-7-17(14-16)24(2)3/h4,6-9,14H,5,10-13H2,1-3H3. The summed E-state index contributed by atoms with van der Waals surface area (Å²) in [7, 11) is 3.96. The average molecular weight is 379 g/mol. The third-order valence-electron chi connectivity index (χ3n) is 5.12. The first kappa shape index (κ1) is 18.2. The van der Waals surface area contributed by atoms with Crippen molar-refractivity contribution in [2.75, 3.05) is 50.1 Å². The SMILES string of the molecule is Cc1nnc2ccc(N3CCCN(C(=O)c4cccc(N(C)C)c4)CC3)nn12. The number of anilines is 2. The molecule has 0 aliphatic carbocycles. The third kappa shape index (κ3) is 3.49. The van der Waals surface area contributed by atoms with E-state index >= 15 is 0 Å². The van der Waals surface area contributed by atoms with E-state index in [2.05, 4.69) is 20.2 Å². The first-order chi connectivity index (χ1) is 13.5. The highest BCUT2D eigenvalue weighted by Gasteiger charge is 2.22. The number of carbonyl (C=O) groups excluding carboxylic acids is 1. The molecule has 1 aliphatic rings. The van der Waals surface area contributed by atoms with Crippen molar-refractivity contribution in [3.8, 4) is 0 Å². The van der Waals surface area contributed by atoms with Crippen LogP contribution in [0.25, 0.3) is 5.65 Å². The summed E-state index contributed by atoms with van der Waals surface area (Å²) in [6.07, 6.45) is 0.903. The van der Waals surface area contributed by atoms with Crippen molar-refractivity contribution < 1.29 is 4.79 Å². The van der Waals surface area contributed by atoms with Crippen LogP contribution in [0.4, 0.5) is 11.5 Å². The van der Waals surface area contributed by atoms with E-state index in [0.29, 0.717) is 6.54 Å². The van der Waals surface area contributed by atoms with Gasteiger partial charge in [-0.2, -0.15) is 4.52 Å². The number of benzene rings is 1. The van der Waals surface area contributed by atoms with Gasteiger partial charge < -0.3 is 14.7 Å². The molecule has 4 rings (SSSR count). The van der Waals surface area contributed by atoms with Crippen LogP contribution < -0.4 is 9.80 Å². The molecule has 1 fully saturated rings. The highest BCUT2D eigenvalue weighted by atomic mass is 16.2. The molecular weight excluding hydrogens is 354 g/mol. The molecule has 0 bridgehead atoms. The van der Waals surface area contributed by atoms with E-state index in [9.17, 15) is 4.79 Å². The van der Waals surface area contributed by atoms with Crippen LogP contribution in [0, 0.1) is 6.92 Å². The Balaban J connectivity index is 1.49. The van der Waals surface area contributed by atoms with Crippen molar-refractivity contribution in [3.05, 3.63) is 47.8 Å². The molecule has 28 heavy (non-hydrogen) atoms. The Hall–Kier alpha value is -3.16. The fraction of sp³-hybridized carbons (Fsp3) is 0.400. The predicted octanol–water partition coefficient (Wildman–Crippen LogP) is 1.85. The molecule has 0 spiro atoms. The van der Waals surface area contributed by atoms with Crippen molar-refractivity contribution in [3.63, 3.8) is 0 Å². The zero-order valence-electron chi connectivity index (χ0n) is 16.5. The lowest BCUT2D eigenvalue weighted by atomic mass is 10.1. The topological polar surface area (TPSA) is 69.9 Å². The van der Waals surface area contributed by atoms with E-state index in [0.717, 1.165) is 54.6 Å². The monoisotopic (exact) mass is 379 g/mol. The lowest BCUT2D eigenvalue weighted by molar-refractivity contribution is 0.0767. The van der Waals surface area contributed by atoms with Gasteiger partial charge in [-0.3, -0.25) is 4.79 Å². The number of rotatable bonds is 3. The van der Waals surface area contributed by atoms with Gasteiger partial charge in [0.25, 0.3) is 5.91 Å². The second-order valence-corrected chi connectivity index (χ2v) is 7.29. The first-order valence-corrected chi connectivity index (χ1v) is 9.53. The Morgan fingerprint density at radius 3 is 2.71 bits per heavy atom. The van der Waals surface area contributed by atoms with Gasteiger partial charge in [0.1, 0.15) is 5.82 Å². The van der Waals surface area contributed by atoms with E-state index < -0.39 is 0 Å². The predicted molar refractivity (Wildman–Crippen MR) is 109 cm³/mol. The van der Waals surface area contributed by atoms with Crippen molar-refractivity contribution in [1.29, 1.82) is 0 Å². The first-order valence-electron chi connectivity index (χ1n) is 9.53. The van der Waals surface area contributed by atoms with Gasteiger partial charge in [-0.05, 0) is 43.7 Å². The summed E-state index contributed by atoms with van der Waals surface area (Å²) in [5.41, 5.74) is 2.51. The Morgan fingerprint density at radius 2 is 1.89 bits per heavy atom. The number of amides is 1. The molecule has 0 atom stereocenters. The summed E-state index contributed by atoms with van der Waals surface area (Å²) in [6, 6.07) is 11.7. The number of hydrogen-bond acceptors (Lipinski definition) is 6. The number of nitrogens with zero attached hydrogens (tertiary/aromatic N) is 7. The Kier molecular flexibility index (Phi) is 4.85. The van der Waals surface area contributed by atoms with Gasteiger partial charge in [0, 0.05) is 51.5 Å². The molecule has 1 aromatic carbocycles. The molecule has 1 amide bonds. The number of aryl methyl sites for hydroxylation is 1. The summed E-state index contributed by atoms with van der Waals surface area (Å²) in [5.74, 6) is 1.74. The van der Waals surface area contributed by atoms with Crippen LogP contribution >= 0.6 is 0 Å². The molecule has 1 saturated heterocycles. The fourth-order valence-corrected chi connectivity index (χ4v) is 3.50. The van der Waals surface area contributed by atoms with Crippen molar-refractivity contribution in [2.24, 2.45) is 0 Å². The van der Waals surface area contributed by atoms with E-state index in [1.54, 1.807) is 4.52 Å². The maximum absolute atomic E-state index is 13.0. The highest BCUT2D eigenvalue weighted by molar-refractivity contribution is 5.95. The number of carbonyl (C=O) groups is 1. The summed E-state index contributed by atoms with van der Waals surface area (Å²) in [4.78, 5) is 19.2. The van der Waals surface area contributed by atoms with Gasteiger partial charge >= 0.3 is 0 Å². The van der Waals surface area contributed by atoms with Gasteiger partial charge in [-0.25, -0.2) is 0 Å². The molecule has 8 heteroatoms. The van der Waals surface area contributed by atoms with Crippen LogP contribution in [-0.2, 0) is 0 Å². The Labute approximate surface area is 164 Å². The van der Waals surface area contributed by atoms with Crippen LogP contribution in [0.2, 0.25) is 0 Å². The van der Waals surface area contributed by atoms with Gasteiger partial charge in [0.05, 0.1) is 0 Å². The van der Waals surface area contributed by atoms with Gasteiger partial charge in [-0.1, -0.05) is 6.07 Å². The largest absolute Gasteiger partial charge is 0.378 e. The number of aromatic nitrogens is 4. The van der Waals surface area contributed by atoms with Crippen molar-refractivity contribution in [1.82, 2.24) is 24.7 Å². The molecular formula is C20H25N7O. The van der Waals surface area contributed by atoms with E-state index in [-0.39, 0.29) is 5.91 Å². The normalized spacial score (nSPS) is 15.0. The quantitative estimate of drug-likeness (QED) is 0.692. The molecule has 1 aliphatic heterocycles. The smallest absolute Gasteiger partial charge is 0.253 e. The zero-order chi connectivity index (χ0) is 19.7. The zero-order valence-corrected chi connectivity index (χ0v) is 16.5. The Morgan fingerprint density at radius 1 is 1.04 bits per heavy atom. The molecule has 0 unspecified atom stereocenters. The van der Waals surface area contributed by atoms with Crippen LogP contribution in [0.3, 0.4) is 0 Å². The summed E-state index contributed by atoms with van der Waals surface area (Å²) < 4.78 is 1.76. The molecule has 0 N–H and O–H groups in total. The Bertz CT molecular complexity index is 997. The fourth-order valence-electron chi connectivity index (χ4n) is 3.50. The van der Waals surface area contributed by atoms with Crippen LogP contribution in [0.1, 0.15) is 22.6 Å². The number of hydrogen-bond donors (Lipinski definition) is 0. The van der Waals surface area contributed by atoms with Gasteiger partial charge in [-0.15, -0.1) is 15.3 Å². The molecule has 3 heterocycles. The van der Waals surface area contributed by atoms with Gasteiger partial charge in [0.2, 0.25) is 0 Å². The molecule has 2 aromatic heterocycles. The van der Waals surface area contributed by atoms with E-state index in [4.69, 9.17) is 0 Å². The van der Waals surface area contributed by atoms with Crippen molar-refractivity contribution in [2.45, 2.75) is 13.3 Å². The van der Waals surface area contributed by atoms with Gasteiger partial charge in [0.15, 0.2) is 11.5 Å². The average Bonchev–Trinajstić information content (AvgIpc) is 2.92. The minimum atomic E-state index is 0.0867. The summed E-state index contributed by atoms with van der Waals surface area (Å²) >= 11 is 0.